The third kappa shape index (κ3) is 3.41. The molecule has 0 aliphatic rings. The number of amides is 1. The summed E-state index contributed by atoms with van der Waals surface area (Å²) in [6.45, 7) is 3.31. The average molecular weight is 364 g/mol. The molecule has 0 bridgehead atoms. The molecule has 0 atom stereocenters. The highest BCUT2D eigenvalue weighted by molar-refractivity contribution is 5.86. The van der Waals surface area contributed by atoms with E-state index in [-0.39, 0.29) is 17.9 Å². The van der Waals surface area contributed by atoms with Crippen molar-refractivity contribution in [3.05, 3.63) is 66.5 Å². The number of halogens is 4. The summed E-state index contributed by atoms with van der Waals surface area (Å²) in [6.07, 6.45) is -1.05. The summed E-state index contributed by atoms with van der Waals surface area (Å²) in [6, 6.07) is 4.31. The maximum atomic E-state index is 13.9. The lowest BCUT2D eigenvalue weighted by molar-refractivity contribution is -0.137. The van der Waals surface area contributed by atoms with Crippen LogP contribution in [0, 0.1) is 5.95 Å². The Labute approximate surface area is 145 Å². The molecule has 3 aromatic rings. The first-order valence-electron chi connectivity index (χ1n) is 7.40. The van der Waals surface area contributed by atoms with Crippen LogP contribution in [0.1, 0.15) is 11.3 Å². The monoisotopic (exact) mass is 364 g/mol. The van der Waals surface area contributed by atoms with Gasteiger partial charge < -0.3 is 5.32 Å². The first-order chi connectivity index (χ1) is 12.3. The fraction of sp³-hybridized carbons (Fsp3) is 0.118. The molecule has 1 amide bonds. The van der Waals surface area contributed by atoms with E-state index in [2.05, 4.69) is 21.9 Å². The van der Waals surface area contributed by atoms with Crippen molar-refractivity contribution < 1.29 is 22.4 Å². The first-order valence-corrected chi connectivity index (χ1v) is 7.40. The lowest BCUT2D eigenvalue weighted by Crippen LogP contribution is -2.21. The third-order valence-corrected chi connectivity index (χ3v) is 3.61. The summed E-state index contributed by atoms with van der Waals surface area (Å²) in [5, 5.41) is 2.51. The van der Waals surface area contributed by atoms with E-state index in [4.69, 9.17) is 0 Å². The number of rotatable bonds is 4. The van der Waals surface area contributed by atoms with Crippen LogP contribution >= 0.6 is 0 Å². The fourth-order valence-electron chi connectivity index (χ4n) is 2.36. The predicted octanol–water partition coefficient (Wildman–Crippen LogP) is 3.36. The maximum Gasteiger partial charge on any atom is 0.416 e. The van der Waals surface area contributed by atoms with Crippen molar-refractivity contribution in [2.45, 2.75) is 12.7 Å². The van der Waals surface area contributed by atoms with Crippen LogP contribution in [-0.4, -0.2) is 20.3 Å². The van der Waals surface area contributed by atoms with Gasteiger partial charge in [0.05, 0.1) is 24.0 Å². The molecule has 0 aliphatic carbocycles. The molecule has 1 N–H and O–H groups in total. The minimum atomic E-state index is -4.46. The Bertz CT molecular complexity index is 977. The number of benzene rings is 1. The number of carbonyl (C=O) groups is 1. The van der Waals surface area contributed by atoms with Crippen LogP contribution in [0.4, 0.5) is 17.6 Å². The molecule has 3 rings (SSSR count). The average Bonchev–Trinajstić information content (AvgIpc) is 2.99. The van der Waals surface area contributed by atoms with Crippen LogP contribution in [0.5, 0.6) is 0 Å². The summed E-state index contributed by atoms with van der Waals surface area (Å²) in [7, 11) is 0. The van der Waals surface area contributed by atoms with Gasteiger partial charge in [-0.15, -0.1) is 0 Å². The van der Waals surface area contributed by atoms with E-state index < -0.39 is 23.6 Å². The molecule has 0 radical (unpaired) electrons. The minimum absolute atomic E-state index is 0.00789. The van der Waals surface area contributed by atoms with E-state index in [0.717, 1.165) is 28.8 Å². The quantitative estimate of drug-likeness (QED) is 0.571. The highest BCUT2D eigenvalue weighted by atomic mass is 19.4. The van der Waals surface area contributed by atoms with Gasteiger partial charge in [0, 0.05) is 11.8 Å². The van der Waals surface area contributed by atoms with Gasteiger partial charge in [-0.1, -0.05) is 18.7 Å². The Balaban J connectivity index is 2.06. The van der Waals surface area contributed by atoms with Crippen molar-refractivity contribution in [3.8, 4) is 11.3 Å². The van der Waals surface area contributed by atoms with Gasteiger partial charge in [-0.3, -0.25) is 9.20 Å². The zero-order chi connectivity index (χ0) is 18.9. The number of hydrogen-bond acceptors (Lipinski definition) is 3. The van der Waals surface area contributed by atoms with E-state index in [1.807, 2.05) is 0 Å². The number of imidazole rings is 1. The summed E-state index contributed by atoms with van der Waals surface area (Å²) < 4.78 is 53.2. The zero-order valence-electron chi connectivity index (χ0n) is 13.2. The lowest BCUT2D eigenvalue weighted by atomic mass is 10.1. The van der Waals surface area contributed by atoms with Gasteiger partial charge >= 0.3 is 6.18 Å². The van der Waals surface area contributed by atoms with Gasteiger partial charge in [0.1, 0.15) is 5.69 Å². The van der Waals surface area contributed by atoms with Gasteiger partial charge in [0.15, 0.2) is 5.65 Å². The van der Waals surface area contributed by atoms with Crippen LogP contribution in [0.25, 0.3) is 16.9 Å². The van der Waals surface area contributed by atoms with Crippen molar-refractivity contribution in [1.29, 1.82) is 0 Å². The number of hydrogen-bond donors (Lipinski definition) is 1. The molecule has 2 heterocycles. The molecular weight excluding hydrogens is 352 g/mol. The number of nitrogens with zero attached hydrogens (tertiary/aromatic N) is 3. The Kier molecular flexibility index (Phi) is 4.45. The molecule has 26 heavy (non-hydrogen) atoms. The second kappa shape index (κ2) is 6.58. The molecule has 0 saturated carbocycles. The minimum Gasteiger partial charge on any atom is -0.347 e. The molecule has 9 heteroatoms. The molecule has 134 valence electrons. The smallest absolute Gasteiger partial charge is 0.347 e. The molecule has 5 nitrogen and oxygen atoms in total. The SMILES string of the molecule is C=CC(=O)NCc1cn2c(F)cnc2c(-c2ccc(C(F)(F)F)cc2)n1. The van der Waals surface area contributed by atoms with Gasteiger partial charge in [-0.05, 0) is 18.2 Å². The highest BCUT2D eigenvalue weighted by Gasteiger charge is 2.30. The second-order valence-electron chi connectivity index (χ2n) is 5.35. The molecule has 1 aromatic carbocycles. The maximum absolute atomic E-state index is 13.9. The van der Waals surface area contributed by atoms with Gasteiger partial charge in [-0.25, -0.2) is 9.97 Å². The van der Waals surface area contributed by atoms with E-state index in [9.17, 15) is 22.4 Å². The Hall–Kier alpha value is -3.23. The third-order valence-electron chi connectivity index (χ3n) is 3.61. The molecule has 2 aromatic heterocycles. The molecule has 0 unspecified atom stereocenters. The van der Waals surface area contributed by atoms with Crippen molar-refractivity contribution in [1.82, 2.24) is 19.7 Å². The Morgan fingerprint density at radius 3 is 2.58 bits per heavy atom. The molecular formula is C17H12F4N4O. The zero-order valence-corrected chi connectivity index (χ0v) is 13.2. The highest BCUT2D eigenvalue weighted by Crippen LogP contribution is 2.31. The fourth-order valence-corrected chi connectivity index (χ4v) is 2.36. The number of nitrogens with one attached hydrogen (secondary N) is 1. The van der Waals surface area contributed by atoms with Crippen LogP contribution in [0.3, 0.4) is 0 Å². The summed E-state index contributed by atoms with van der Waals surface area (Å²) in [4.78, 5) is 19.5. The van der Waals surface area contributed by atoms with E-state index in [0.29, 0.717) is 11.3 Å². The Morgan fingerprint density at radius 2 is 1.96 bits per heavy atom. The van der Waals surface area contributed by atoms with Crippen molar-refractivity contribution in [2.75, 3.05) is 0 Å². The summed E-state index contributed by atoms with van der Waals surface area (Å²) >= 11 is 0. The lowest BCUT2D eigenvalue weighted by Gasteiger charge is -2.10. The topological polar surface area (TPSA) is 59.3 Å². The van der Waals surface area contributed by atoms with E-state index in [1.165, 1.54) is 18.3 Å². The normalized spacial score (nSPS) is 11.5. The number of alkyl halides is 3. The molecule has 0 fully saturated rings. The van der Waals surface area contributed by atoms with Crippen LogP contribution in [0.15, 0.2) is 49.3 Å². The van der Waals surface area contributed by atoms with Crippen LogP contribution in [0.2, 0.25) is 0 Å². The predicted molar refractivity (Wildman–Crippen MR) is 85.4 cm³/mol. The number of carbonyl (C=O) groups excluding carboxylic acids is 1. The van der Waals surface area contributed by atoms with Crippen molar-refractivity contribution in [2.24, 2.45) is 0 Å². The Morgan fingerprint density at radius 1 is 1.27 bits per heavy atom. The molecule has 0 spiro atoms. The van der Waals surface area contributed by atoms with Gasteiger partial charge in [0.2, 0.25) is 11.9 Å². The van der Waals surface area contributed by atoms with Crippen molar-refractivity contribution in [3.63, 3.8) is 0 Å². The standard InChI is InChI=1S/C17H12F4N4O/c1-2-14(26)22-7-12-9-25-13(18)8-23-16(25)15(24-12)10-3-5-11(6-4-10)17(19,20)21/h2-6,8-9H,1,7H2,(H,22,26). The van der Waals surface area contributed by atoms with E-state index in [1.54, 1.807) is 0 Å². The first kappa shape index (κ1) is 17.6. The summed E-state index contributed by atoms with van der Waals surface area (Å²) in [5.41, 5.74) is 0.195. The largest absolute Gasteiger partial charge is 0.416 e. The number of aromatic nitrogens is 3. The van der Waals surface area contributed by atoms with Gasteiger partial charge in [0.25, 0.3) is 0 Å². The molecule has 0 aliphatic heterocycles. The van der Waals surface area contributed by atoms with Crippen molar-refractivity contribution >= 4 is 11.6 Å². The van der Waals surface area contributed by atoms with Crippen LogP contribution < -0.4 is 5.32 Å². The van der Waals surface area contributed by atoms with Gasteiger partial charge in [-0.2, -0.15) is 17.6 Å². The van der Waals surface area contributed by atoms with Crippen LogP contribution in [-0.2, 0) is 17.5 Å². The second-order valence-corrected chi connectivity index (χ2v) is 5.35. The summed E-state index contributed by atoms with van der Waals surface area (Å²) in [5.74, 6) is -1.10. The number of fused-ring (bicyclic) bond motifs is 1. The molecule has 0 saturated heterocycles. The van der Waals surface area contributed by atoms with E-state index >= 15 is 0 Å².